The highest BCUT2D eigenvalue weighted by Gasteiger charge is 2.30. The number of aromatic nitrogens is 1. The summed E-state index contributed by atoms with van der Waals surface area (Å²) in [6.45, 7) is 0. The lowest BCUT2D eigenvalue weighted by Crippen LogP contribution is -2.20. The predicted octanol–water partition coefficient (Wildman–Crippen LogP) is 0.361. The van der Waals surface area contributed by atoms with Gasteiger partial charge in [0.05, 0.1) is 14.1 Å². The van der Waals surface area contributed by atoms with Crippen molar-refractivity contribution >= 4 is 15.7 Å². The summed E-state index contributed by atoms with van der Waals surface area (Å²) in [6, 6.07) is 3.11. The number of sulfonamides is 1. The van der Waals surface area contributed by atoms with Gasteiger partial charge in [0.2, 0.25) is 10.0 Å². The first-order valence-corrected chi connectivity index (χ1v) is 4.77. The van der Waals surface area contributed by atoms with Crippen molar-refractivity contribution in [2.45, 2.75) is 5.70 Å². The standard InChI is InChI=1S/C7H8N2O2S/c1-9-7-3-2-4-8-6(7)5-12(9,10)11/h2-4H,5H2,1H3/i5D2. The molecule has 0 aliphatic carbocycles. The van der Waals surface area contributed by atoms with Gasteiger partial charge in [0.25, 0.3) is 0 Å². The van der Waals surface area contributed by atoms with E-state index in [9.17, 15) is 8.42 Å². The smallest absolute Gasteiger partial charge is 0.240 e. The molecule has 0 saturated heterocycles. The van der Waals surface area contributed by atoms with Gasteiger partial charge >= 0.3 is 0 Å². The van der Waals surface area contributed by atoms with Crippen LogP contribution < -0.4 is 4.31 Å². The first kappa shape index (κ1) is 5.53. The Balaban J connectivity index is 2.81. The van der Waals surface area contributed by atoms with Crippen LogP contribution in [0.3, 0.4) is 0 Å². The Labute approximate surface area is 73.7 Å². The molecule has 0 bridgehead atoms. The van der Waals surface area contributed by atoms with Crippen LogP contribution >= 0.6 is 0 Å². The van der Waals surface area contributed by atoms with Crippen molar-refractivity contribution in [3.63, 3.8) is 0 Å². The largest absolute Gasteiger partial charge is 0.271 e. The maximum atomic E-state index is 11.6. The van der Waals surface area contributed by atoms with Gasteiger partial charge in [-0.2, -0.15) is 0 Å². The third-order valence-corrected chi connectivity index (χ3v) is 3.08. The molecule has 0 saturated carbocycles. The van der Waals surface area contributed by atoms with Crippen LogP contribution in [0.5, 0.6) is 0 Å². The Morgan fingerprint density at radius 1 is 1.75 bits per heavy atom. The van der Waals surface area contributed by atoms with E-state index in [2.05, 4.69) is 4.98 Å². The zero-order valence-corrected chi connectivity index (χ0v) is 7.17. The van der Waals surface area contributed by atoms with Gasteiger partial charge in [-0.25, -0.2) is 8.42 Å². The highest BCUT2D eigenvalue weighted by Crippen LogP contribution is 2.29. The number of rotatable bonds is 0. The summed E-state index contributed by atoms with van der Waals surface area (Å²) >= 11 is 0. The third-order valence-electron chi connectivity index (χ3n) is 1.71. The molecule has 0 atom stereocenters. The van der Waals surface area contributed by atoms with Crippen LogP contribution in [0.4, 0.5) is 5.69 Å². The lowest BCUT2D eigenvalue weighted by molar-refractivity contribution is 0.596. The highest BCUT2D eigenvalue weighted by molar-refractivity contribution is 7.92. The maximum Gasteiger partial charge on any atom is 0.240 e. The topological polar surface area (TPSA) is 50.3 Å². The summed E-state index contributed by atoms with van der Waals surface area (Å²) in [5, 5.41) is 0. The van der Waals surface area contributed by atoms with Crippen LogP contribution in [0.2, 0.25) is 0 Å². The minimum Gasteiger partial charge on any atom is -0.271 e. The number of nitrogens with zero attached hydrogens (tertiary/aromatic N) is 2. The van der Waals surface area contributed by atoms with Crippen molar-refractivity contribution in [2.24, 2.45) is 0 Å². The van der Waals surface area contributed by atoms with Gasteiger partial charge in [-0.1, -0.05) is 0 Å². The lowest BCUT2D eigenvalue weighted by Gasteiger charge is -2.09. The molecule has 0 radical (unpaired) electrons. The fourth-order valence-electron chi connectivity index (χ4n) is 1.05. The SMILES string of the molecule is [2H]C1([2H])c2ncccc2N(C)S1(=O)=O. The molecule has 2 heterocycles. The molecule has 2 rings (SSSR count). The molecule has 1 aliphatic heterocycles. The zero-order valence-electron chi connectivity index (χ0n) is 8.35. The Kier molecular flexibility index (Phi) is 1.01. The summed E-state index contributed by atoms with van der Waals surface area (Å²) in [5.74, 6) is 0. The van der Waals surface area contributed by atoms with Gasteiger partial charge in [0, 0.05) is 13.2 Å². The molecular weight excluding hydrogens is 176 g/mol. The fraction of sp³-hybridized carbons (Fsp3) is 0.286. The normalized spacial score (nSPS) is 25.9. The van der Waals surface area contributed by atoms with Gasteiger partial charge in [0.1, 0.15) is 5.70 Å². The molecule has 0 amide bonds. The minimum atomic E-state index is -3.96. The third kappa shape index (κ3) is 0.896. The number of fused-ring (bicyclic) bond motifs is 1. The van der Waals surface area contributed by atoms with Gasteiger partial charge < -0.3 is 0 Å². The molecule has 0 unspecified atom stereocenters. The van der Waals surface area contributed by atoms with Crippen LogP contribution in [0.1, 0.15) is 8.44 Å². The monoisotopic (exact) mass is 186 g/mol. The molecule has 0 aromatic carbocycles. The lowest BCUT2D eigenvalue weighted by atomic mass is 10.3. The second-order valence-corrected chi connectivity index (χ2v) is 4.15. The van der Waals surface area contributed by atoms with Crippen LogP contribution in [0.15, 0.2) is 18.3 Å². The minimum absolute atomic E-state index is 0.0394. The zero-order chi connectivity index (χ0) is 10.6. The Hall–Kier alpha value is -1.10. The van der Waals surface area contributed by atoms with Crippen LogP contribution in [0.25, 0.3) is 0 Å². The molecule has 5 heteroatoms. The van der Waals surface area contributed by atoms with Crippen molar-refractivity contribution in [2.75, 3.05) is 11.4 Å². The molecule has 0 fully saturated rings. The summed E-state index contributed by atoms with van der Waals surface area (Å²) in [5.41, 5.74) is -2.15. The second kappa shape index (κ2) is 2.20. The van der Waals surface area contributed by atoms with Gasteiger partial charge in [0.15, 0.2) is 0 Å². The molecule has 4 nitrogen and oxygen atoms in total. The first-order chi connectivity index (χ1) is 6.39. The Bertz CT molecular complexity index is 486. The number of hydrogen-bond acceptors (Lipinski definition) is 3. The van der Waals surface area contributed by atoms with Crippen LogP contribution in [-0.4, -0.2) is 20.4 Å². The molecule has 0 spiro atoms. The summed E-state index contributed by atoms with van der Waals surface area (Å²) in [4.78, 5) is 3.76. The quantitative estimate of drug-likeness (QED) is 0.588. The van der Waals surface area contributed by atoms with Crippen molar-refractivity contribution in [3.8, 4) is 0 Å². The van der Waals surface area contributed by atoms with E-state index in [-0.39, 0.29) is 5.69 Å². The van der Waals surface area contributed by atoms with E-state index < -0.39 is 15.7 Å². The molecule has 0 N–H and O–H groups in total. The molecule has 64 valence electrons. The fourth-order valence-corrected chi connectivity index (χ4v) is 1.99. The molecule has 1 aromatic rings. The number of anilines is 1. The van der Waals surface area contributed by atoms with E-state index in [1.165, 1.54) is 19.3 Å². The predicted molar refractivity (Wildman–Crippen MR) is 45.3 cm³/mol. The molecule has 1 aliphatic rings. The number of pyridine rings is 1. The van der Waals surface area contributed by atoms with Crippen LogP contribution in [0, 0.1) is 0 Å². The molecule has 1 aromatic heterocycles. The Morgan fingerprint density at radius 3 is 3.17 bits per heavy atom. The van der Waals surface area contributed by atoms with E-state index >= 15 is 0 Å². The van der Waals surface area contributed by atoms with Crippen molar-refractivity contribution in [1.29, 1.82) is 0 Å². The van der Waals surface area contributed by atoms with E-state index in [1.807, 2.05) is 0 Å². The summed E-state index contributed by atoms with van der Waals surface area (Å²) in [6.07, 6.45) is 1.38. The maximum absolute atomic E-state index is 11.6. The van der Waals surface area contributed by atoms with E-state index in [0.29, 0.717) is 5.69 Å². The summed E-state index contributed by atoms with van der Waals surface area (Å²) in [7, 11) is -2.64. The van der Waals surface area contributed by atoms with Crippen LogP contribution in [-0.2, 0) is 15.7 Å². The highest BCUT2D eigenvalue weighted by atomic mass is 32.2. The van der Waals surface area contributed by atoms with E-state index in [4.69, 9.17) is 2.74 Å². The van der Waals surface area contributed by atoms with Gasteiger partial charge in [-0.3, -0.25) is 9.29 Å². The Morgan fingerprint density at radius 2 is 2.50 bits per heavy atom. The number of hydrogen-bond donors (Lipinski definition) is 0. The van der Waals surface area contributed by atoms with Gasteiger partial charge in [-0.15, -0.1) is 0 Å². The van der Waals surface area contributed by atoms with Crippen molar-refractivity contribution < 1.29 is 11.2 Å². The second-order valence-electron chi connectivity index (χ2n) is 2.45. The van der Waals surface area contributed by atoms with Crippen molar-refractivity contribution in [3.05, 3.63) is 24.0 Å². The van der Waals surface area contributed by atoms with Gasteiger partial charge in [-0.05, 0) is 12.1 Å². The first-order valence-electron chi connectivity index (χ1n) is 4.33. The summed E-state index contributed by atoms with van der Waals surface area (Å²) < 4.78 is 39.0. The van der Waals surface area contributed by atoms with E-state index in [0.717, 1.165) is 4.31 Å². The van der Waals surface area contributed by atoms with Crippen molar-refractivity contribution in [1.82, 2.24) is 4.98 Å². The molecular formula is C7H8N2O2S. The average Bonchev–Trinajstić information content (AvgIpc) is 2.27. The average molecular weight is 186 g/mol. The van der Waals surface area contributed by atoms with E-state index in [1.54, 1.807) is 6.07 Å². The molecule has 12 heavy (non-hydrogen) atoms.